The molecule has 23 heavy (non-hydrogen) atoms. The van der Waals surface area contributed by atoms with Gasteiger partial charge in [-0.3, -0.25) is 4.99 Å². The molecule has 2 aromatic carbocycles. The zero-order valence-corrected chi connectivity index (χ0v) is 14.5. The fraction of sp³-hybridized carbons (Fsp3) is 0.222. The van der Waals surface area contributed by atoms with Gasteiger partial charge in [0.2, 0.25) is 5.82 Å². The molecule has 0 radical (unpaired) electrons. The van der Waals surface area contributed by atoms with Crippen LogP contribution in [0, 0.1) is 0 Å². The standard InChI is InChI=1S/C18H15BrN4/c1-18(2)10-11-9-12(19)7-8-13(11)16(21-18)17-20-14-5-3-4-6-15(14)22-23-17/h3-9H,10H2,1-2H3. The molecule has 0 saturated carbocycles. The van der Waals surface area contributed by atoms with Gasteiger partial charge in [-0.2, -0.15) is 0 Å². The molecule has 0 aliphatic carbocycles. The van der Waals surface area contributed by atoms with Crippen LogP contribution in [0.15, 0.2) is 51.9 Å². The number of benzene rings is 2. The molecule has 0 unspecified atom stereocenters. The van der Waals surface area contributed by atoms with Gasteiger partial charge in [0, 0.05) is 10.0 Å². The second-order valence-electron chi connectivity index (χ2n) is 6.38. The molecule has 5 heteroatoms. The maximum atomic E-state index is 4.90. The maximum absolute atomic E-state index is 4.90. The number of halogens is 1. The van der Waals surface area contributed by atoms with Gasteiger partial charge in [-0.05, 0) is 50.1 Å². The smallest absolute Gasteiger partial charge is 0.201 e. The Morgan fingerprint density at radius 1 is 1.00 bits per heavy atom. The van der Waals surface area contributed by atoms with E-state index in [0.29, 0.717) is 5.82 Å². The largest absolute Gasteiger partial charge is 0.274 e. The Balaban J connectivity index is 1.93. The molecule has 1 aromatic heterocycles. The molecule has 114 valence electrons. The van der Waals surface area contributed by atoms with Gasteiger partial charge in [-0.25, -0.2) is 4.98 Å². The first-order chi connectivity index (χ1) is 11.0. The molecule has 0 spiro atoms. The van der Waals surface area contributed by atoms with Gasteiger partial charge in [0.1, 0.15) is 11.2 Å². The van der Waals surface area contributed by atoms with Gasteiger partial charge in [0.15, 0.2) is 0 Å². The van der Waals surface area contributed by atoms with Crippen LogP contribution in [-0.4, -0.2) is 26.4 Å². The molecule has 0 fully saturated rings. The number of para-hydroxylation sites is 1. The fourth-order valence-electron chi connectivity index (χ4n) is 2.96. The Labute approximate surface area is 142 Å². The Morgan fingerprint density at radius 2 is 1.78 bits per heavy atom. The highest BCUT2D eigenvalue weighted by Crippen LogP contribution is 2.30. The van der Waals surface area contributed by atoms with Gasteiger partial charge >= 0.3 is 0 Å². The summed E-state index contributed by atoms with van der Waals surface area (Å²) in [7, 11) is 0. The molecule has 0 atom stereocenters. The van der Waals surface area contributed by atoms with Crippen molar-refractivity contribution in [2.75, 3.05) is 0 Å². The molecule has 0 saturated heterocycles. The third kappa shape index (κ3) is 2.65. The van der Waals surface area contributed by atoms with Crippen molar-refractivity contribution in [2.24, 2.45) is 4.99 Å². The Kier molecular flexibility index (Phi) is 3.27. The highest BCUT2D eigenvalue weighted by atomic mass is 79.9. The van der Waals surface area contributed by atoms with Crippen molar-refractivity contribution in [3.8, 4) is 0 Å². The lowest BCUT2D eigenvalue weighted by Crippen LogP contribution is -2.30. The summed E-state index contributed by atoms with van der Waals surface area (Å²) in [6, 6.07) is 14.0. The van der Waals surface area contributed by atoms with Crippen LogP contribution in [-0.2, 0) is 6.42 Å². The molecule has 1 aliphatic heterocycles. The van der Waals surface area contributed by atoms with Crippen LogP contribution in [0.2, 0.25) is 0 Å². The summed E-state index contributed by atoms with van der Waals surface area (Å²) in [6.07, 6.45) is 0.895. The molecule has 0 bridgehead atoms. The van der Waals surface area contributed by atoms with Crippen molar-refractivity contribution in [3.05, 3.63) is 63.9 Å². The van der Waals surface area contributed by atoms with E-state index in [1.165, 1.54) is 5.56 Å². The Morgan fingerprint density at radius 3 is 2.61 bits per heavy atom. The van der Waals surface area contributed by atoms with E-state index in [4.69, 9.17) is 4.99 Å². The molecule has 3 aromatic rings. The Bertz CT molecular complexity index is 947. The van der Waals surface area contributed by atoms with Crippen molar-refractivity contribution in [1.29, 1.82) is 0 Å². The van der Waals surface area contributed by atoms with Crippen LogP contribution >= 0.6 is 15.9 Å². The summed E-state index contributed by atoms with van der Waals surface area (Å²) in [5, 5.41) is 8.61. The lowest BCUT2D eigenvalue weighted by atomic mass is 9.87. The van der Waals surface area contributed by atoms with E-state index in [2.05, 4.69) is 57.1 Å². The van der Waals surface area contributed by atoms with Gasteiger partial charge in [0.25, 0.3) is 0 Å². The van der Waals surface area contributed by atoms with Crippen molar-refractivity contribution in [3.63, 3.8) is 0 Å². The zero-order valence-electron chi connectivity index (χ0n) is 12.9. The molecule has 4 rings (SSSR count). The molecule has 0 amide bonds. The summed E-state index contributed by atoms with van der Waals surface area (Å²) in [5.41, 5.74) is 4.61. The minimum absolute atomic E-state index is 0.182. The number of nitrogens with zero attached hydrogens (tertiary/aromatic N) is 4. The lowest BCUT2D eigenvalue weighted by Gasteiger charge is -2.28. The molecule has 2 heterocycles. The third-order valence-corrected chi connectivity index (χ3v) is 4.43. The van der Waals surface area contributed by atoms with Crippen molar-refractivity contribution in [1.82, 2.24) is 15.2 Å². The van der Waals surface area contributed by atoms with Crippen LogP contribution < -0.4 is 0 Å². The van der Waals surface area contributed by atoms with E-state index < -0.39 is 0 Å². The average molecular weight is 367 g/mol. The number of aromatic nitrogens is 3. The normalized spacial score (nSPS) is 16.0. The zero-order chi connectivity index (χ0) is 16.0. The minimum atomic E-state index is -0.182. The van der Waals surface area contributed by atoms with Crippen LogP contribution in [0.1, 0.15) is 30.8 Å². The highest BCUT2D eigenvalue weighted by Gasteiger charge is 2.29. The van der Waals surface area contributed by atoms with Gasteiger partial charge in [0.05, 0.1) is 11.1 Å². The predicted octanol–water partition coefficient (Wildman–Crippen LogP) is 3.96. The first-order valence-corrected chi connectivity index (χ1v) is 8.30. The van der Waals surface area contributed by atoms with Crippen molar-refractivity contribution in [2.45, 2.75) is 25.8 Å². The van der Waals surface area contributed by atoms with E-state index >= 15 is 0 Å². The Hall–Kier alpha value is -2.14. The van der Waals surface area contributed by atoms with Gasteiger partial charge in [-0.15, -0.1) is 10.2 Å². The lowest BCUT2D eigenvalue weighted by molar-refractivity contribution is 0.512. The molecular weight excluding hydrogens is 352 g/mol. The topological polar surface area (TPSA) is 51.0 Å². The maximum Gasteiger partial charge on any atom is 0.201 e. The molecular formula is C18H15BrN4. The van der Waals surface area contributed by atoms with E-state index in [-0.39, 0.29) is 5.54 Å². The van der Waals surface area contributed by atoms with E-state index in [1.807, 2.05) is 30.3 Å². The predicted molar refractivity (Wildman–Crippen MR) is 94.9 cm³/mol. The van der Waals surface area contributed by atoms with Crippen LogP contribution in [0.5, 0.6) is 0 Å². The summed E-state index contributed by atoms with van der Waals surface area (Å²) in [5.74, 6) is 0.583. The fourth-order valence-corrected chi connectivity index (χ4v) is 3.37. The average Bonchev–Trinajstić information content (AvgIpc) is 2.52. The summed E-state index contributed by atoms with van der Waals surface area (Å²) in [6.45, 7) is 4.26. The minimum Gasteiger partial charge on any atom is -0.274 e. The molecule has 4 nitrogen and oxygen atoms in total. The van der Waals surface area contributed by atoms with Gasteiger partial charge in [-0.1, -0.05) is 34.1 Å². The van der Waals surface area contributed by atoms with E-state index in [9.17, 15) is 0 Å². The van der Waals surface area contributed by atoms with Crippen LogP contribution in [0.3, 0.4) is 0 Å². The second kappa shape index (κ2) is 5.20. The number of hydrogen-bond acceptors (Lipinski definition) is 4. The summed E-state index contributed by atoms with van der Waals surface area (Å²) in [4.78, 5) is 9.57. The summed E-state index contributed by atoms with van der Waals surface area (Å²) < 4.78 is 1.07. The number of fused-ring (bicyclic) bond motifs is 2. The molecule has 0 N–H and O–H groups in total. The third-order valence-electron chi connectivity index (χ3n) is 3.93. The van der Waals surface area contributed by atoms with Gasteiger partial charge < -0.3 is 0 Å². The molecule has 1 aliphatic rings. The van der Waals surface area contributed by atoms with E-state index in [0.717, 1.165) is 33.2 Å². The monoisotopic (exact) mass is 366 g/mol. The van der Waals surface area contributed by atoms with Crippen molar-refractivity contribution >= 4 is 32.7 Å². The number of hydrogen-bond donors (Lipinski definition) is 0. The summed E-state index contributed by atoms with van der Waals surface area (Å²) >= 11 is 3.55. The second-order valence-corrected chi connectivity index (χ2v) is 7.29. The van der Waals surface area contributed by atoms with E-state index in [1.54, 1.807) is 0 Å². The van der Waals surface area contributed by atoms with Crippen LogP contribution in [0.4, 0.5) is 0 Å². The highest BCUT2D eigenvalue weighted by molar-refractivity contribution is 9.10. The van der Waals surface area contributed by atoms with Crippen LogP contribution in [0.25, 0.3) is 11.0 Å². The number of aliphatic imine (C=N–C) groups is 1. The van der Waals surface area contributed by atoms with Crippen molar-refractivity contribution < 1.29 is 0 Å². The SMILES string of the molecule is CC1(C)Cc2cc(Br)ccc2C(c2nnc3ccccc3n2)=N1. The first kappa shape index (κ1) is 14.5. The quantitative estimate of drug-likeness (QED) is 0.654. The first-order valence-electron chi connectivity index (χ1n) is 7.50. The number of rotatable bonds is 1.